The van der Waals surface area contributed by atoms with Gasteiger partial charge in [0.15, 0.2) is 5.96 Å². The molecule has 2 heterocycles. The Labute approximate surface area is 168 Å². The highest BCUT2D eigenvalue weighted by Gasteiger charge is 2.32. The van der Waals surface area contributed by atoms with Gasteiger partial charge >= 0.3 is 0 Å². The van der Waals surface area contributed by atoms with Crippen molar-refractivity contribution in [3.05, 3.63) is 34.6 Å². The summed E-state index contributed by atoms with van der Waals surface area (Å²) >= 11 is 5.95. The summed E-state index contributed by atoms with van der Waals surface area (Å²) < 4.78 is 13.6. The van der Waals surface area contributed by atoms with Gasteiger partial charge in [-0.25, -0.2) is 25.7 Å². The third kappa shape index (κ3) is 5.39. The Bertz CT molecular complexity index is 727. The first-order valence-corrected chi connectivity index (χ1v) is 9.70. The average molecular weight is 413 g/mol. The molecule has 0 aromatic heterocycles. The Kier molecular flexibility index (Phi) is 6.84. The smallest absolute Gasteiger partial charge is 0.233 e. The SMILES string of the molecule is CC(C)N/C(=N\C1CC(c2cc(F)cc(Cl)c2)NN1)NC(=O)C1CNOC1C. The summed E-state index contributed by atoms with van der Waals surface area (Å²) in [5.41, 5.74) is 9.64. The van der Waals surface area contributed by atoms with Crippen LogP contribution in [0.5, 0.6) is 0 Å². The molecule has 2 saturated heterocycles. The van der Waals surface area contributed by atoms with Gasteiger partial charge in [-0.1, -0.05) is 11.6 Å². The van der Waals surface area contributed by atoms with E-state index in [4.69, 9.17) is 16.4 Å². The first-order chi connectivity index (χ1) is 13.3. The van der Waals surface area contributed by atoms with Crippen molar-refractivity contribution in [1.82, 2.24) is 27.0 Å². The molecule has 4 unspecified atom stereocenters. The molecule has 2 fully saturated rings. The van der Waals surface area contributed by atoms with Crippen molar-refractivity contribution < 1.29 is 14.0 Å². The normalized spacial score (nSPS) is 28.0. The lowest BCUT2D eigenvalue weighted by atomic mass is 10.0. The van der Waals surface area contributed by atoms with Crippen LogP contribution in [0.25, 0.3) is 0 Å². The second kappa shape index (κ2) is 9.15. The molecule has 2 aliphatic rings. The van der Waals surface area contributed by atoms with Crippen molar-refractivity contribution in [1.29, 1.82) is 0 Å². The van der Waals surface area contributed by atoms with Crippen molar-refractivity contribution in [2.45, 2.75) is 51.5 Å². The Morgan fingerprint density at radius 1 is 1.36 bits per heavy atom. The predicted octanol–water partition coefficient (Wildman–Crippen LogP) is 1.35. The Morgan fingerprint density at radius 2 is 2.14 bits per heavy atom. The summed E-state index contributed by atoms with van der Waals surface area (Å²) in [6.07, 6.45) is 0.0568. The van der Waals surface area contributed by atoms with E-state index in [9.17, 15) is 9.18 Å². The zero-order chi connectivity index (χ0) is 20.3. The van der Waals surface area contributed by atoms with E-state index in [0.717, 1.165) is 5.56 Å². The van der Waals surface area contributed by atoms with Crippen molar-refractivity contribution >= 4 is 23.5 Å². The van der Waals surface area contributed by atoms with E-state index in [1.807, 2.05) is 20.8 Å². The van der Waals surface area contributed by atoms with E-state index in [2.05, 4.69) is 32.0 Å². The first kappa shape index (κ1) is 20.9. The molecule has 8 nitrogen and oxygen atoms in total. The molecule has 154 valence electrons. The molecule has 0 saturated carbocycles. The molecule has 1 amide bonds. The number of rotatable bonds is 4. The summed E-state index contributed by atoms with van der Waals surface area (Å²) in [5, 5.41) is 6.36. The van der Waals surface area contributed by atoms with Crippen LogP contribution >= 0.6 is 11.6 Å². The predicted molar refractivity (Wildman–Crippen MR) is 105 cm³/mol. The lowest BCUT2D eigenvalue weighted by Crippen LogP contribution is -2.48. The number of nitrogens with zero attached hydrogens (tertiary/aromatic N) is 1. The number of hydroxylamine groups is 1. The summed E-state index contributed by atoms with van der Waals surface area (Å²) in [5.74, 6) is -0.455. The van der Waals surface area contributed by atoms with Crippen LogP contribution in [0.1, 0.15) is 38.8 Å². The summed E-state index contributed by atoms with van der Waals surface area (Å²) in [7, 11) is 0. The van der Waals surface area contributed by atoms with Crippen molar-refractivity contribution in [2.75, 3.05) is 6.54 Å². The van der Waals surface area contributed by atoms with Gasteiger partial charge in [0.2, 0.25) is 5.91 Å². The van der Waals surface area contributed by atoms with Gasteiger partial charge in [0, 0.05) is 30.1 Å². The highest BCUT2D eigenvalue weighted by molar-refractivity contribution is 6.30. The van der Waals surface area contributed by atoms with Crippen LogP contribution in [0.15, 0.2) is 23.2 Å². The van der Waals surface area contributed by atoms with Gasteiger partial charge in [-0.15, -0.1) is 0 Å². The van der Waals surface area contributed by atoms with E-state index >= 15 is 0 Å². The van der Waals surface area contributed by atoms with Gasteiger partial charge in [0.1, 0.15) is 12.0 Å². The van der Waals surface area contributed by atoms with E-state index in [1.165, 1.54) is 12.1 Å². The molecular formula is C18H26ClFN6O2. The Hall–Kier alpha value is -1.78. The number of benzene rings is 1. The zero-order valence-corrected chi connectivity index (χ0v) is 16.8. The number of carbonyl (C=O) groups excluding carboxylic acids is 1. The minimum Gasteiger partial charge on any atom is -0.354 e. The average Bonchev–Trinajstić information content (AvgIpc) is 3.22. The molecule has 3 rings (SSSR count). The number of nitrogens with one attached hydrogen (secondary N) is 5. The van der Waals surface area contributed by atoms with Crippen LogP contribution in [0.4, 0.5) is 4.39 Å². The number of guanidine groups is 1. The number of hydrogen-bond donors (Lipinski definition) is 5. The topological polar surface area (TPSA) is 98.8 Å². The molecule has 10 heteroatoms. The van der Waals surface area contributed by atoms with Gasteiger partial charge < -0.3 is 5.32 Å². The number of hydrogen-bond acceptors (Lipinski definition) is 6. The number of hydrazine groups is 1. The summed E-state index contributed by atoms with van der Waals surface area (Å²) in [6.45, 7) is 6.21. The third-order valence-corrected chi connectivity index (χ3v) is 4.82. The Morgan fingerprint density at radius 3 is 2.79 bits per heavy atom. The fourth-order valence-electron chi connectivity index (χ4n) is 3.19. The number of halogens is 2. The minimum atomic E-state index is -0.382. The fraction of sp³-hybridized carbons (Fsp3) is 0.556. The van der Waals surface area contributed by atoms with Crippen LogP contribution < -0.4 is 27.0 Å². The molecule has 5 N–H and O–H groups in total. The largest absolute Gasteiger partial charge is 0.354 e. The van der Waals surface area contributed by atoms with E-state index in [1.54, 1.807) is 6.07 Å². The fourth-order valence-corrected chi connectivity index (χ4v) is 3.42. The highest BCUT2D eigenvalue weighted by Crippen LogP contribution is 2.26. The summed E-state index contributed by atoms with van der Waals surface area (Å²) in [4.78, 5) is 22.4. The lowest BCUT2D eigenvalue weighted by molar-refractivity contribution is -0.124. The molecule has 1 aromatic carbocycles. The van der Waals surface area contributed by atoms with E-state index < -0.39 is 0 Å². The molecule has 0 spiro atoms. The van der Waals surface area contributed by atoms with Gasteiger partial charge in [0.25, 0.3) is 0 Å². The molecule has 0 bridgehead atoms. The Balaban J connectivity index is 1.67. The van der Waals surface area contributed by atoms with Crippen LogP contribution in [0, 0.1) is 11.7 Å². The van der Waals surface area contributed by atoms with Gasteiger partial charge in [-0.3, -0.25) is 14.9 Å². The monoisotopic (exact) mass is 412 g/mol. The molecule has 2 aliphatic heterocycles. The first-order valence-electron chi connectivity index (χ1n) is 9.32. The van der Waals surface area contributed by atoms with Crippen molar-refractivity contribution in [2.24, 2.45) is 10.9 Å². The van der Waals surface area contributed by atoms with Gasteiger partial charge in [-0.05, 0) is 44.5 Å². The second-order valence-corrected chi connectivity index (χ2v) is 7.78. The van der Waals surface area contributed by atoms with Gasteiger partial charge in [-0.2, -0.15) is 0 Å². The number of aliphatic imine (C=N–C) groups is 1. The molecular weight excluding hydrogens is 387 g/mol. The van der Waals surface area contributed by atoms with Crippen molar-refractivity contribution in [3.63, 3.8) is 0 Å². The highest BCUT2D eigenvalue weighted by atomic mass is 35.5. The molecule has 0 radical (unpaired) electrons. The van der Waals surface area contributed by atoms with Crippen LogP contribution in [-0.4, -0.2) is 36.7 Å². The zero-order valence-electron chi connectivity index (χ0n) is 16.1. The lowest BCUT2D eigenvalue weighted by Gasteiger charge is -2.18. The van der Waals surface area contributed by atoms with Gasteiger partial charge in [0.05, 0.1) is 12.0 Å². The van der Waals surface area contributed by atoms with E-state index in [-0.39, 0.29) is 42.0 Å². The maximum atomic E-state index is 13.6. The number of carbonyl (C=O) groups is 1. The molecule has 4 atom stereocenters. The maximum absolute atomic E-state index is 13.6. The quantitative estimate of drug-likeness (QED) is 0.378. The van der Waals surface area contributed by atoms with Crippen LogP contribution in [0.2, 0.25) is 5.02 Å². The van der Waals surface area contributed by atoms with Crippen LogP contribution in [-0.2, 0) is 9.63 Å². The minimum absolute atomic E-state index is 0.0848. The van der Waals surface area contributed by atoms with E-state index in [0.29, 0.717) is 23.9 Å². The summed E-state index contributed by atoms with van der Waals surface area (Å²) in [6, 6.07) is 4.37. The third-order valence-electron chi connectivity index (χ3n) is 4.60. The standard InChI is InChI=1S/C18H26ClFN6O2/c1-9(2)22-18(24-17(27)14-8-21-28-10(14)3)23-16-7-15(25-26-16)11-4-12(19)6-13(20)5-11/h4-6,9-10,14-16,21,25-26H,7-8H2,1-3H3,(H2,22,23,24,27). The van der Waals surface area contributed by atoms with Crippen molar-refractivity contribution in [3.8, 4) is 0 Å². The second-order valence-electron chi connectivity index (χ2n) is 7.34. The van der Waals surface area contributed by atoms with Crippen LogP contribution in [0.3, 0.4) is 0 Å². The maximum Gasteiger partial charge on any atom is 0.233 e. The molecule has 0 aliphatic carbocycles. The molecule has 1 aromatic rings. The number of amides is 1. The molecule has 28 heavy (non-hydrogen) atoms.